The van der Waals surface area contributed by atoms with E-state index in [0.717, 1.165) is 17.5 Å². The van der Waals surface area contributed by atoms with Crippen molar-refractivity contribution in [3.05, 3.63) is 35.1 Å². The molecule has 0 spiro atoms. The summed E-state index contributed by atoms with van der Waals surface area (Å²) in [7, 11) is 0. The summed E-state index contributed by atoms with van der Waals surface area (Å²) in [6.07, 6.45) is 6.68. The lowest BCUT2D eigenvalue weighted by Crippen LogP contribution is -1.89. The molecule has 0 aromatic heterocycles. The highest BCUT2D eigenvalue weighted by molar-refractivity contribution is 5.27. The van der Waals surface area contributed by atoms with Gasteiger partial charge in [-0.3, -0.25) is 0 Å². The largest absolute Gasteiger partial charge is 0.207 e. The molecule has 0 aliphatic carbocycles. The predicted molar refractivity (Wildman–Crippen MR) is 48.3 cm³/mol. The molecule has 0 N–H and O–H groups in total. The van der Waals surface area contributed by atoms with E-state index in [1.165, 1.54) is 12.1 Å². The second kappa shape index (κ2) is 3.92. The molecule has 12 heavy (non-hydrogen) atoms. The number of aryl methyl sites for hydroxylation is 2. The second-order valence-corrected chi connectivity index (χ2v) is 2.77. The Kier molecular flexibility index (Phi) is 2.88. The minimum absolute atomic E-state index is 0.183. The molecule has 0 saturated carbocycles. The lowest BCUT2D eigenvalue weighted by molar-refractivity contribution is 0.625. The van der Waals surface area contributed by atoms with Crippen molar-refractivity contribution < 1.29 is 4.39 Å². The van der Waals surface area contributed by atoms with E-state index in [-0.39, 0.29) is 5.82 Å². The summed E-state index contributed by atoms with van der Waals surface area (Å²) in [6.45, 7) is 1.90. The number of hydrogen-bond donors (Lipinski definition) is 0. The topological polar surface area (TPSA) is 0 Å². The third-order valence-electron chi connectivity index (χ3n) is 1.84. The summed E-state index contributed by atoms with van der Waals surface area (Å²) in [5, 5.41) is 0. The number of rotatable bonds is 2. The van der Waals surface area contributed by atoms with Gasteiger partial charge in [0.15, 0.2) is 0 Å². The minimum Gasteiger partial charge on any atom is -0.207 e. The van der Waals surface area contributed by atoms with E-state index in [9.17, 15) is 4.39 Å². The summed E-state index contributed by atoms with van der Waals surface area (Å²) in [5.74, 6) is 2.38. The van der Waals surface area contributed by atoms with Crippen LogP contribution in [0.3, 0.4) is 0 Å². The van der Waals surface area contributed by atoms with Gasteiger partial charge in [0.25, 0.3) is 0 Å². The van der Waals surface area contributed by atoms with E-state index in [4.69, 9.17) is 6.42 Å². The minimum atomic E-state index is -0.183. The van der Waals surface area contributed by atoms with Gasteiger partial charge >= 0.3 is 0 Å². The molecule has 1 rings (SSSR count). The van der Waals surface area contributed by atoms with Crippen LogP contribution in [0.5, 0.6) is 0 Å². The van der Waals surface area contributed by atoms with Crippen LogP contribution in [-0.4, -0.2) is 0 Å². The Hall–Kier alpha value is -1.29. The zero-order chi connectivity index (χ0) is 8.97. The maximum atomic E-state index is 12.6. The first kappa shape index (κ1) is 8.80. The van der Waals surface area contributed by atoms with Crippen LogP contribution in [0.1, 0.15) is 17.5 Å². The molecule has 0 unspecified atom stereocenters. The fourth-order valence-corrected chi connectivity index (χ4v) is 1.15. The number of halogens is 1. The molecule has 0 nitrogen and oxygen atoms in total. The van der Waals surface area contributed by atoms with Crippen molar-refractivity contribution >= 4 is 0 Å². The third-order valence-corrected chi connectivity index (χ3v) is 1.84. The van der Waals surface area contributed by atoms with E-state index in [2.05, 4.69) is 5.92 Å². The highest BCUT2D eigenvalue weighted by Crippen LogP contribution is 2.11. The van der Waals surface area contributed by atoms with E-state index in [1.807, 2.05) is 6.92 Å². The van der Waals surface area contributed by atoms with Crippen LogP contribution in [0.2, 0.25) is 0 Å². The Balaban J connectivity index is 2.81. The standard InChI is InChI=1S/C11H11F/c1-3-4-5-10-6-7-11(12)8-9(10)2/h1,6-8H,4-5H2,2H3. The smallest absolute Gasteiger partial charge is 0.123 e. The van der Waals surface area contributed by atoms with Gasteiger partial charge in [-0.25, -0.2) is 4.39 Å². The normalized spacial score (nSPS) is 9.42. The first-order valence-electron chi connectivity index (χ1n) is 3.92. The maximum absolute atomic E-state index is 12.6. The number of benzene rings is 1. The molecule has 1 heteroatoms. The lowest BCUT2D eigenvalue weighted by Gasteiger charge is -2.02. The van der Waals surface area contributed by atoms with Crippen LogP contribution in [0, 0.1) is 25.1 Å². The van der Waals surface area contributed by atoms with Gasteiger partial charge in [-0.05, 0) is 36.6 Å². The van der Waals surface area contributed by atoms with Gasteiger partial charge in [0.05, 0.1) is 0 Å². The average Bonchev–Trinajstić information content (AvgIpc) is 2.03. The molecule has 0 atom stereocenters. The fourth-order valence-electron chi connectivity index (χ4n) is 1.15. The van der Waals surface area contributed by atoms with Gasteiger partial charge in [-0.15, -0.1) is 12.3 Å². The van der Waals surface area contributed by atoms with Crippen LogP contribution in [0.15, 0.2) is 18.2 Å². The van der Waals surface area contributed by atoms with Crippen molar-refractivity contribution in [2.24, 2.45) is 0 Å². The van der Waals surface area contributed by atoms with Crippen LogP contribution < -0.4 is 0 Å². The number of hydrogen-bond acceptors (Lipinski definition) is 0. The zero-order valence-electron chi connectivity index (χ0n) is 7.10. The summed E-state index contributed by atoms with van der Waals surface area (Å²) < 4.78 is 12.6. The molecule has 0 aliphatic rings. The van der Waals surface area contributed by atoms with Crippen molar-refractivity contribution in [1.82, 2.24) is 0 Å². The SMILES string of the molecule is C#CCCc1ccc(F)cc1C. The second-order valence-electron chi connectivity index (χ2n) is 2.77. The Morgan fingerprint density at radius 1 is 1.50 bits per heavy atom. The zero-order valence-corrected chi connectivity index (χ0v) is 7.10. The first-order valence-corrected chi connectivity index (χ1v) is 3.92. The molecule has 0 fully saturated rings. The van der Waals surface area contributed by atoms with E-state index < -0.39 is 0 Å². The van der Waals surface area contributed by atoms with Gasteiger partial charge in [0.1, 0.15) is 5.82 Å². The molecule has 1 aromatic rings. The fraction of sp³-hybridized carbons (Fsp3) is 0.273. The summed E-state index contributed by atoms with van der Waals surface area (Å²) in [4.78, 5) is 0. The molecule has 0 saturated heterocycles. The van der Waals surface area contributed by atoms with Gasteiger partial charge in [0, 0.05) is 6.42 Å². The van der Waals surface area contributed by atoms with Gasteiger partial charge in [-0.1, -0.05) is 6.07 Å². The molecular weight excluding hydrogens is 151 g/mol. The lowest BCUT2D eigenvalue weighted by atomic mass is 10.0. The Morgan fingerprint density at radius 3 is 2.83 bits per heavy atom. The van der Waals surface area contributed by atoms with Gasteiger partial charge in [0.2, 0.25) is 0 Å². The maximum Gasteiger partial charge on any atom is 0.123 e. The van der Waals surface area contributed by atoms with Gasteiger partial charge in [-0.2, -0.15) is 0 Å². The van der Waals surface area contributed by atoms with E-state index in [1.54, 1.807) is 6.07 Å². The van der Waals surface area contributed by atoms with Crippen LogP contribution in [0.25, 0.3) is 0 Å². The van der Waals surface area contributed by atoms with Crippen molar-refractivity contribution in [3.63, 3.8) is 0 Å². The van der Waals surface area contributed by atoms with Crippen molar-refractivity contribution in [2.75, 3.05) is 0 Å². The molecule has 1 aromatic carbocycles. The van der Waals surface area contributed by atoms with Crippen molar-refractivity contribution in [3.8, 4) is 12.3 Å². The van der Waals surface area contributed by atoms with Crippen molar-refractivity contribution in [2.45, 2.75) is 19.8 Å². The molecular formula is C11H11F. The molecule has 0 heterocycles. The third kappa shape index (κ3) is 2.10. The quantitative estimate of drug-likeness (QED) is 0.586. The molecule has 0 bridgehead atoms. The first-order chi connectivity index (χ1) is 5.74. The number of terminal acetylenes is 1. The highest BCUT2D eigenvalue weighted by atomic mass is 19.1. The Labute approximate surface area is 72.4 Å². The van der Waals surface area contributed by atoms with Crippen LogP contribution >= 0.6 is 0 Å². The average molecular weight is 162 g/mol. The summed E-state index contributed by atoms with van der Waals surface area (Å²) in [6, 6.07) is 4.80. The predicted octanol–water partition coefficient (Wildman–Crippen LogP) is 2.70. The summed E-state index contributed by atoms with van der Waals surface area (Å²) in [5.41, 5.74) is 2.11. The molecule has 0 amide bonds. The van der Waals surface area contributed by atoms with E-state index >= 15 is 0 Å². The van der Waals surface area contributed by atoms with Gasteiger partial charge < -0.3 is 0 Å². The highest BCUT2D eigenvalue weighted by Gasteiger charge is 1.98. The van der Waals surface area contributed by atoms with E-state index in [0.29, 0.717) is 6.42 Å². The Bertz CT molecular complexity index is 307. The van der Waals surface area contributed by atoms with Crippen LogP contribution in [0.4, 0.5) is 4.39 Å². The monoisotopic (exact) mass is 162 g/mol. The Morgan fingerprint density at radius 2 is 2.25 bits per heavy atom. The molecule has 0 aliphatic heterocycles. The van der Waals surface area contributed by atoms with Crippen LogP contribution in [-0.2, 0) is 6.42 Å². The summed E-state index contributed by atoms with van der Waals surface area (Å²) >= 11 is 0. The molecule has 0 radical (unpaired) electrons. The van der Waals surface area contributed by atoms with Crippen molar-refractivity contribution in [1.29, 1.82) is 0 Å². The molecule has 62 valence electrons.